The first-order chi connectivity index (χ1) is 13.4. The number of carbonyl (C=O) groups is 2. The van der Waals surface area contributed by atoms with E-state index in [1.165, 1.54) is 4.57 Å². The number of hydrogen-bond donors (Lipinski definition) is 0. The second-order valence-corrected chi connectivity index (χ2v) is 6.69. The minimum Gasteiger partial charge on any atom is -0.497 e. The molecule has 0 radical (unpaired) electrons. The summed E-state index contributed by atoms with van der Waals surface area (Å²) >= 11 is 0. The zero-order valence-electron chi connectivity index (χ0n) is 17.9. The van der Waals surface area contributed by atoms with Gasteiger partial charge in [0.2, 0.25) is 0 Å². The summed E-state index contributed by atoms with van der Waals surface area (Å²) < 4.78 is 17.0. The lowest BCUT2D eigenvalue weighted by atomic mass is 10.1. The maximum Gasteiger partial charge on any atom is 0.421 e. The third kappa shape index (κ3) is 5.99. The van der Waals surface area contributed by atoms with Crippen LogP contribution in [-0.4, -0.2) is 56.1 Å². The Morgan fingerprint density at radius 1 is 1.25 bits per heavy atom. The van der Waals surface area contributed by atoms with Crippen molar-refractivity contribution in [3.8, 4) is 5.75 Å². The van der Waals surface area contributed by atoms with Crippen molar-refractivity contribution in [1.29, 1.82) is 0 Å². The zero-order chi connectivity index (χ0) is 21.3. The molecule has 0 fully saturated rings. The Kier molecular flexibility index (Phi) is 9.51. The van der Waals surface area contributed by atoms with E-state index in [1.807, 2.05) is 53.9 Å². The molecular formula is C21H32N2O5. The van der Waals surface area contributed by atoms with Crippen LogP contribution in [0.15, 0.2) is 24.4 Å². The molecule has 0 aliphatic rings. The van der Waals surface area contributed by atoms with Crippen molar-refractivity contribution in [3.63, 3.8) is 0 Å². The van der Waals surface area contributed by atoms with Gasteiger partial charge in [-0.15, -0.1) is 0 Å². The van der Waals surface area contributed by atoms with E-state index in [0.717, 1.165) is 35.2 Å². The van der Waals surface area contributed by atoms with E-state index in [0.29, 0.717) is 6.47 Å². The summed E-state index contributed by atoms with van der Waals surface area (Å²) in [5.41, 5.74) is 1.74. The summed E-state index contributed by atoms with van der Waals surface area (Å²) in [6, 6.07) is 5.52. The van der Waals surface area contributed by atoms with Crippen LogP contribution in [0.4, 0.5) is 4.79 Å². The molecular weight excluding hydrogens is 360 g/mol. The molecule has 0 saturated heterocycles. The fourth-order valence-corrected chi connectivity index (χ4v) is 2.63. The second kappa shape index (κ2) is 11.3. The van der Waals surface area contributed by atoms with Gasteiger partial charge in [-0.25, -0.2) is 4.79 Å². The highest BCUT2D eigenvalue weighted by Gasteiger charge is 2.22. The summed E-state index contributed by atoms with van der Waals surface area (Å²) in [5, 5.41) is 0.931. The molecule has 2 aromatic rings. The molecule has 1 aromatic heterocycles. The molecule has 1 heterocycles. The SMILES string of the molecule is CC.COc1ccc2c(c1)c(CCN(C)C)cn2C(=O)OC(OC=O)C(C)C. The van der Waals surface area contributed by atoms with Crippen molar-refractivity contribution in [3.05, 3.63) is 30.0 Å². The predicted molar refractivity (Wildman–Crippen MR) is 110 cm³/mol. The average Bonchev–Trinajstić information content (AvgIpc) is 3.05. The molecule has 0 spiro atoms. The number of hydrogen-bond acceptors (Lipinski definition) is 6. The van der Waals surface area contributed by atoms with E-state index in [1.54, 1.807) is 19.4 Å². The molecule has 1 aromatic carbocycles. The molecule has 0 amide bonds. The maximum absolute atomic E-state index is 12.7. The minimum absolute atomic E-state index is 0.153. The van der Waals surface area contributed by atoms with Crippen molar-refractivity contribution >= 4 is 23.5 Å². The highest BCUT2D eigenvalue weighted by Crippen LogP contribution is 2.27. The summed E-state index contributed by atoms with van der Waals surface area (Å²) in [5.74, 6) is 0.568. The number of aromatic nitrogens is 1. The number of carbonyl (C=O) groups excluding carboxylic acids is 2. The summed E-state index contributed by atoms with van der Waals surface area (Å²) in [4.78, 5) is 25.4. The van der Waals surface area contributed by atoms with E-state index in [2.05, 4.69) is 4.90 Å². The van der Waals surface area contributed by atoms with E-state index >= 15 is 0 Å². The van der Waals surface area contributed by atoms with Crippen LogP contribution in [0.5, 0.6) is 5.75 Å². The lowest BCUT2D eigenvalue weighted by molar-refractivity contribution is -0.159. The Balaban J connectivity index is 0.00000190. The van der Waals surface area contributed by atoms with Crippen LogP contribution < -0.4 is 4.74 Å². The van der Waals surface area contributed by atoms with Gasteiger partial charge in [-0.1, -0.05) is 27.7 Å². The molecule has 7 heteroatoms. The molecule has 28 heavy (non-hydrogen) atoms. The van der Waals surface area contributed by atoms with Crippen LogP contribution in [-0.2, 0) is 20.7 Å². The highest BCUT2D eigenvalue weighted by atomic mass is 16.7. The first-order valence-corrected chi connectivity index (χ1v) is 9.50. The number of methoxy groups -OCH3 is 1. The fourth-order valence-electron chi connectivity index (χ4n) is 2.63. The molecule has 1 atom stereocenters. The van der Waals surface area contributed by atoms with Gasteiger partial charge in [-0.2, -0.15) is 0 Å². The lowest BCUT2D eigenvalue weighted by Crippen LogP contribution is -2.28. The average molecular weight is 392 g/mol. The Hall–Kier alpha value is -2.54. The van der Waals surface area contributed by atoms with Crippen LogP contribution in [0.25, 0.3) is 10.9 Å². The highest BCUT2D eigenvalue weighted by molar-refractivity contribution is 5.92. The van der Waals surface area contributed by atoms with Gasteiger partial charge in [-0.3, -0.25) is 9.36 Å². The molecule has 2 rings (SSSR count). The third-order valence-corrected chi connectivity index (χ3v) is 4.07. The molecule has 156 valence electrons. The maximum atomic E-state index is 12.7. The Labute approximate surface area is 167 Å². The Morgan fingerprint density at radius 3 is 2.46 bits per heavy atom. The van der Waals surface area contributed by atoms with Gasteiger partial charge in [0, 0.05) is 24.0 Å². The number of nitrogens with zero attached hydrogens (tertiary/aromatic N) is 2. The molecule has 0 N–H and O–H groups in total. The largest absolute Gasteiger partial charge is 0.497 e. The van der Waals surface area contributed by atoms with E-state index in [4.69, 9.17) is 14.2 Å². The molecule has 0 bridgehead atoms. The molecule has 7 nitrogen and oxygen atoms in total. The van der Waals surface area contributed by atoms with Crippen LogP contribution in [0.1, 0.15) is 33.3 Å². The smallest absolute Gasteiger partial charge is 0.421 e. The van der Waals surface area contributed by atoms with Gasteiger partial charge < -0.3 is 19.1 Å². The first kappa shape index (κ1) is 23.5. The summed E-state index contributed by atoms with van der Waals surface area (Å²) in [7, 11) is 5.60. The number of rotatable bonds is 8. The van der Waals surface area contributed by atoms with Crippen LogP contribution in [0.3, 0.4) is 0 Å². The topological polar surface area (TPSA) is 70.0 Å². The monoisotopic (exact) mass is 392 g/mol. The minimum atomic E-state index is -0.930. The fraction of sp³-hybridized carbons (Fsp3) is 0.524. The first-order valence-electron chi connectivity index (χ1n) is 9.50. The quantitative estimate of drug-likeness (QED) is 0.501. The summed E-state index contributed by atoms with van der Waals surface area (Å²) in [6.07, 6.45) is 1.03. The van der Waals surface area contributed by atoms with E-state index < -0.39 is 12.4 Å². The Morgan fingerprint density at radius 2 is 1.93 bits per heavy atom. The number of likely N-dealkylation sites (N-methyl/N-ethyl adjacent to an activating group) is 1. The molecule has 1 unspecified atom stereocenters. The normalized spacial score (nSPS) is 11.8. The van der Waals surface area contributed by atoms with Crippen molar-refractivity contribution in [2.75, 3.05) is 27.7 Å². The van der Waals surface area contributed by atoms with Gasteiger partial charge in [0.15, 0.2) is 0 Å². The van der Waals surface area contributed by atoms with Crippen molar-refractivity contribution in [1.82, 2.24) is 9.47 Å². The number of ether oxygens (including phenoxy) is 3. The molecule has 0 aliphatic heterocycles. The summed E-state index contributed by atoms with van der Waals surface area (Å²) in [6.45, 7) is 8.75. The van der Waals surface area contributed by atoms with E-state index in [9.17, 15) is 9.59 Å². The third-order valence-electron chi connectivity index (χ3n) is 4.07. The van der Waals surface area contributed by atoms with Gasteiger partial charge in [-0.05, 0) is 44.3 Å². The lowest BCUT2D eigenvalue weighted by Gasteiger charge is -2.19. The standard InChI is InChI=1S/C19H26N2O5.C2H6/c1-13(2)18(25-12-22)26-19(23)21-11-14(8-9-20(3)4)16-10-15(24-5)6-7-17(16)21;1-2/h6-7,10-13,18H,8-9H2,1-5H3;1-2H3. The van der Waals surface area contributed by atoms with Crippen molar-refractivity contribution < 1.29 is 23.8 Å². The Bertz CT molecular complexity index is 767. The van der Waals surface area contributed by atoms with Gasteiger partial charge >= 0.3 is 6.09 Å². The number of benzene rings is 1. The van der Waals surface area contributed by atoms with Gasteiger partial charge in [0.05, 0.1) is 12.6 Å². The van der Waals surface area contributed by atoms with Crippen LogP contribution in [0, 0.1) is 5.92 Å². The second-order valence-electron chi connectivity index (χ2n) is 6.69. The van der Waals surface area contributed by atoms with Crippen LogP contribution >= 0.6 is 0 Å². The van der Waals surface area contributed by atoms with Gasteiger partial charge in [0.25, 0.3) is 12.8 Å². The van der Waals surface area contributed by atoms with E-state index in [-0.39, 0.29) is 5.92 Å². The van der Waals surface area contributed by atoms with Crippen molar-refractivity contribution in [2.45, 2.75) is 40.4 Å². The molecule has 0 aliphatic carbocycles. The van der Waals surface area contributed by atoms with Crippen molar-refractivity contribution in [2.24, 2.45) is 5.92 Å². The number of fused-ring (bicyclic) bond motifs is 1. The van der Waals surface area contributed by atoms with Gasteiger partial charge in [0.1, 0.15) is 5.75 Å². The van der Waals surface area contributed by atoms with Crippen LogP contribution in [0.2, 0.25) is 0 Å². The molecule has 0 saturated carbocycles. The predicted octanol–water partition coefficient (Wildman–Crippen LogP) is 3.92. The zero-order valence-corrected chi connectivity index (χ0v) is 17.9.